The van der Waals surface area contributed by atoms with Gasteiger partial charge in [0.1, 0.15) is 5.75 Å². The minimum absolute atomic E-state index is 0.000379. The summed E-state index contributed by atoms with van der Waals surface area (Å²) in [5, 5.41) is 5.89. The second-order valence-corrected chi connectivity index (χ2v) is 7.15. The average molecular weight is 314 g/mol. The second kappa shape index (κ2) is 5.55. The molecule has 1 heterocycles. The Bertz CT molecular complexity index is 658. The zero-order valence-electron chi connectivity index (χ0n) is 13.3. The average Bonchev–Trinajstić information content (AvgIpc) is 3.17. The largest absolute Gasteiger partial charge is 0.482 e. The topological polar surface area (TPSA) is 67.4 Å². The van der Waals surface area contributed by atoms with Gasteiger partial charge in [0.25, 0.3) is 11.8 Å². The number of fused-ring (bicyclic) bond motifs is 3. The van der Waals surface area contributed by atoms with E-state index >= 15 is 0 Å². The molecule has 2 bridgehead atoms. The second-order valence-electron chi connectivity index (χ2n) is 7.15. The molecule has 122 valence electrons. The van der Waals surface area contributed by atoms with Gasteiger partial charge in [-0.2, -0.15) is 0 Å². The third-order valence-corrected chi connectivity index (χ3v) is 5.67. The highest BCUT2D eigenvalue weighted by Crippen LogP contribution is 2.49. The number of benzene rings is 1. The summed E-state index contributed by atoms with van der Waals surface area (Å²) < 4.78 is 5.38. The summed E-state index contributed by atoms with van der Waals surface area (Å²) >= 11 is 0. The van der Waals surface area contributed by atoms with Crippen molar-refractivity contribution in [2.24, 2.45) is 17.8 Å². The molecule has 2 N–H and O–H groups in total. The van der Waals surface area contributed by atoms with Crippen LogP contribution in [-0.4, -0.2) is 24.5 Å². The Morgan fingerprint density at radius 1 is 1.35 bits per heavy atom. The summed E-state index contributed by atoms with van der Waals surface area (Å²) in [6, 6.07) is 5.37. The lowest BCUT2D eigenvalue weighted by Crippen LogP contribution is -2.40. The van der Waals surface area contributed by atoms with Crippen molar-refractivity contribution in [3.05, 3.63) is 23.8 Å². The molecule has 3 aliphatic rings. The SMILES string of the molecule is C[C@H](NC(=O)c1ccc2c(c1)OCC(=O)N2)[C@H]1C[C@H]2CC[C@H]1C2. The maximum Gasteiger partial charge on any atom is 0.262 e. The van der Waals surface area contributed by atoms with E-state index in [0.717, 1.165) is 11.8 Å². The highest BCUT2D eigenvalue weighted by Gasteiger charge is 2.42. The van der Waals surface area contributed by atoms with Crippen LogP contribution < -0.4 is 15.4 Å². The van der Waals surface area contributed by atoms with Crippen molar-refractivity contribution in [3.63, 3.8) is 0 Å². The van der Waals surface area contributed by atoms with Crippen molar-refractivity contribution in [3.8, 4) is 5.75 Å². The zero-order valence-corrected chi connectivity index (χ0v) is 13.3. The van der Waals surface area contributed by atoms with Gasteiger partial charge in [-0.25, -0.2) is 0 Å². The Morgan fingerprint density at radius 3 is 2.96 bits per heavy atom. The van der Waals surface area contributed by atoms with Crippen LogP contribution in [0.2, 0.25) is 0 Å². The summed E-state index contributed by atoms with van der Waals surface area (Å²) in [5.74, 6) is 2.61. The van der Waals surface area contributed by atoms with Crippen molar-refractivity contribution in [2.75, 3.05) is 11.9 Å². The molecule has 2 fully saturated rings. The molecule has 2 amide bonds. The molecule has 0 spiro atoms. The number of hydrogen-bond acceptors (Lipinski definition) is 3. The van der Waals surface area contributed by atoms with Crippen molar-refractivity contribution in [2.45, 2.75) is 38.6 Å². The highest BCUT2D eigenvalue weighted by molar-refractivity contribution is 5.99. The number of carbonyl (C=O) groups excluding carboxylic acids is 2. The standard InChI is InChI=1S/C18H22N2O3/c1-10(14-7-11-2-3-12(14)6-11)19-18(22)13-4-5-15-16(8-13)23-9-17(21)20-15/h4-5,8,10-12,14H,2-3,6-7,9H2,1H3,(H,19,22)(H,20,21)/t10-,11-,12-,14+/m0/s1. The summed E-state index contributed by atoms with van der Waals surface area (Å²) in [4.78, 5) is 23.8. The van der Waals surface area contributed by atoms with Gasteiger partial charge in [0, 0.05) is 11.6 Å². The molecule has 1 aromatic rings. The number of rotatable bonds is 3. The van der Waals surface area contributed by atoms with Gasteiger partial charge >= 0.3 is 0 Å². The number of anilines is 1. The van der Waals surface area contributed by atoms with Crippen LogP contribution in [0.4, 0.5) is 5.69 Å². The summed E-state index contributed by atoms with van der Waals surface area (Å²) in [6.07, 6.45) is 5.29. The molecular weight excluding hydrogens is 292 g/mol. The first kappa shape index (κ1) is 14.5. The third kappa shape index (κ3) is 2.69. The van der Waals surface area contributed by atoms with Crippen LogP contribution >= 0.6 is 0 Å². The molecule has 0 saturated heterocycles. The Kier molecular flexibility index (Phi) is 3.51. The fraction of sp³-hybridized carbons (Fsp3) is 0.556. The molecule has 5 nitrogen and oxygen atoms in total. The molecule has 2 aliphatic carbocycles. The van der Waals surface area contributed by atoms with E-state index in [-0.39, 0.29) is 24.5 Å². The van der Waals surface area contributed by atoms with E-state index in [1.54, 1.807) is 18.2 Å². The Hall–Kier alpha value is -2.04. The molecule has 2 saturated carbocycles. The van der Waals surface area contributed by atoms with Crippen molar-refractivity contribution < 1.29 is 14.3 Å². The van der Waals surface area contributed by atoms with Gasteiger partial charge < -0.3 is 15.4 Å². The van der Waals surface area contributed by atoms with Gasteiger partial charge in [-0.1, -0.05) is 6.42 Å². The van der Waals surface area contributed by atoms with E-state index in [4.69, 9.17) is 4.74 Å². The first-order chi connectivity index (χ1) is 11.1. The minimum Gasteiger partial charge on any atom is -0.482 e. The quantitative estimate of drug-likeness (QED) is 0.901. The Labute approximate surface area is 135 Å². The van der Waals surface area contributed by atoms with Crippen LogP contribution in [0.3, 0.4) is 0 Å². The van der Waals surface area contributed by atoms with Gasteiger partial charge in [-0.15, -0.1) is 0 Å². The van der Waals surface area contributed by atoms with Crippen LogP contribution in [0.5, 0.6) is 5.75 Å². The molecule has 5 heteroatoms. The molecular formula is C18H22N2O3. The smallest absolute Gasteiger partial charge is 0.262 e. The van der Waals surface area contributed by atoms with Gasteiger partial charge in [-0.3, -0.25) is 9.59 Å². The number of ether oxygens (including phenoxy) is 1. The third-order valence-electron chi connectivity index (χ3n) is 5.67. The van der Waals surface area contributed by atoms with Crippen LogP contribution in [0, 0.1) is 17.8 Å². The number of hydrogen-bond donors (Lipinski definition) is 2. The van der Waals surface area contributed by atoms with Crippen molar-refractivity contribution in [1.82, 2.24) is 5.32 Å². The van der Waals surface area contributed by atoms with Crippen LogP contribution in [0.25, 0.3) is 0 Å². The predicted molar refractivity (Wildman–Crippen MR) is 86.4 cm³/mol. The van der Waals surface area contributed by atoms with Gasteiger partial charge in [0.2, 0.25) is 0 Å². The van der Waals surface area contributed by atoms with E-state index in [9.17, 15) is 9.59 Å². The first-order valence-corrected chi connectivity index (χ1v) is 8.47. The van der Waals surface area contributed by atoms with Crippen molar-refractivity contribution >= 4 is 17.5 Å². The van der Waals surface area contributed by atoms with E-state index in [1.165, 1.54) is 25.7 Å². The molecule has 4 atom stereocenters. The van der Waals surface area contributed by atoms with Crippen LogP contribution in [0.1, 0.15) is 43.0 Å². The molecule has 4 rings (SSSR count). The maximum absolute atomic E-state index is 12.5. The lowest BCUT2D eigenvalue weighted by molar-refractivity contribution is -0.118. The minimum atomic E-state index is -0.167. The molecule has 0 aromatic heterocycles. The maximum atomic E-state index is 12.5. The fourth-order valence-corrected chi connectivity index (χ4v) is 4.52. The zero-order chi connectivity index (χ0) is 16.0. The fourth-order valence-electron chi connectivity index (χ4n) is 4.52. The van der Waals surface area contributed by atoms with E-state index in [1.807, 2.05) is 0 Å². The molecule has 0 unspecified atom stereocenters. The number of amides is 2. The molecule has 1 aliphatic heterocycles. The van der Waals surface area contributed by atoms with Crippen molar-refractivity contribution in [1.29, 1.82) is 0 Å². The summed E-state index contributed by atoms with van der Waals surface area (Å²) in [5.41, 5.74) is 1.20. The van der Waals surface area contributed by atoms with Gasteiger partial charge in [0.05, 0.1) is 5.69 Å². The predicted octanol–water partition coefficient (Wildman–Crippen LogP) is 2.57. The number of nitrogens with one attached hydrogen (secondary N) is 2. The Balaban J connectivity index is 1.44. The van der Waals surface area contributed by atoms with Crippen LogP contribution in [0.15, 0.2) is 18.2 Å². The monoisotopic (exact) mass is 314 g/mol. The van der Waals surface area contributed by atoms with Gasteiger partial charge in [0.15, 0.2) is 6.61 Å². The van der Waals surface area contributed by atoms with E-state index in [0.29, 0.717) is 22.9 Å². The normalized spacial score (nSPS) is 29.4. The lowest BCUT2D eigenvalue weighted by atomic mass is 9.84. The lowest BCUT2D eigenvalue weighted by Gasteiger charge is -2.28. The summed E-state index contributed by atoms with van der Waals surface area (Å²) in [6.45, 7) is 2.12. The van der Waals surface area contributed by atoms with E-state index < -0.39 is 0 Å². The summed E-state index contributed by atoms with van der Waals surface area (Å²) in [7, 11) is 0. The molecule has 23 heavy (non-hydrogen) atoms. The number of carbonyl (C=O) groups is 2. The Morgan fingerprint density at radius 2 is 2.22 bits per heavy atom. The molecule has 1 aromatic carbocycles. The van der Waals surface area contributed by atoms with Crippen LogP contribution in [-0.2, 0) is 4.79 Å². The first-order valence-electron chi connectivity index (χ1n) is 8.47. The van der Waals surface area contributed by atoms with Gasteiger partial charge in [-0.05, 0) is 62.1 Å². The van der Waals surface area contributed by atoms with E-state index in [2.05, 4.69) is 17.6 Å². The highest BCUT2D eigenvalue weighted by atomic mass is 16.5. The molecule has 0 radical (unpaired) electrons.